The first kappa shape index (κ1) is 14.1. The number of fused-ring (bicyclic) bond motifs is 1. The second kappa shape index (κ2) is 5.85. The number of carbonyl (C=O) groups is 1. The summed E-state index contributed by atoms with van der Waals surface area (Å²) in [5, 5.41) is 7.21. The van der Waals surface area contributed by atoms with Gasteiger partial charge in [-0.1, -0.05) is 19.1 Å². The average Bonchev–Trinajstić information content (AvgIpc) is 2.99. The molecule has 0 aliphatic rings. The summed E-state index contributed by atoms with van der Waals surface area (Å²) < 4.78 is 6.88. The molecule has 3 aromatic rings. The molecule has 1 N–H and O–H groups in total. The zero-order valence-electron chi connectivity index (χ0n) is 12.4. The minimum atomic E-state index is -0.244. The summed E-state index contributed by atoms with van der Waals surface area (Å²) in [6.07, 6.45) is 2.54. The van der Waals surface area contributed by atoms with Gasteiger partial charge in [-0.15, -0.1) is 0 Å². The Hall–Kier alpha value is -2.89. The first-order valence-corrected chi connectivity index (χ1v) is 7.01. The molecule has 6 nitrogen and oxygen atoms in total. The highest BCUT2D eigenvalue weighted by molar-refractivity contribution is 6.07. The number of para-hydroxylation sites is 1. The lowest BCUT2D eigenvalue weighted by Crippen LogP contribution is -2.14. The van der Waals surface area contributed by atoms with Gasteiger partial charge in [0.25, 0.3) is 5.91 Å². The van der Waals surface area contributed by atoms with Crippen LogP contribution in [0.5, 0.6) is 5.75 Å². The van der Waals surface area contributed by atoms with Crippen LogP contribution in [0.4, 0.5) is 5.69 Å². The van der Waals surface area contributed by atoms with Gasteiger partial charge in [0, 0.05) is 12.6 Å². The van der Waals surface area contributed by atoms with E-state index in [9.17, 15) is 4.79 Å². The van der Waals surface area contributed by atoms with Gasteiger partial charge in [0.2, 0.25) is 0 Å². The number of aryl methyl sites for hydroxylation is 1. The van der Waals surface area contributed by atoms with Crippen LogP contribution in [-0.2, 0) is 6.42 Å². The Bertz CT molecular complexity index is 826. The van der Waals surface area contributed by atoms with E-state index in [0.29, 0.717) is 22.6 Å². The standard InChI is InChI=1S/C16H16N4O2/c1-3-14-18-15-12(8-6-10-20(15)19-14)17-16(21)11-7-4-5-9-13(11)22-2/h4-10H,3H2,1-2H3,(H,17,21). The number of amides is 1. The molecular weight excluding hydrogens is 280 g/mol. The molecule has 0 atom stereocenters. The number of nitrogens with one attached hydrogen (secondary N) is 1. The smallest absolute Gasteiger partial charge is 0.259 e. The van der Waals surface area contributed by atoms with Crippen LogP contribution in [-0.4, -0.2) is 27.6 Å². The molecule has 1 amide bonds. The molecule has 0 spiro atoms. The number of benzene rings is 1. The summed E-state index contributed by atoms with van der Waals surface area (Å²) in [4.78, 5) is 16.9. The minimum Gasteiger partial charge on any atom is -0.496 e. The van der Waals surface area contributed by atoms with Gasteiger partial charge in [0.15, 0.2) is 11.5 Å². The predicted molar refractivity (Wildman–Crippen MR) is 83.3 cm³/mol. The highest BCUT2D eigenvalue weighted by Crippen LogP contribution is 2.21. The van der Waals surface area contributed by atoms with E-state index in [1.54, 1.807) is 42.1 Å². The largest absolute Gasteiger partial charge is 0.496 e. The summed E-state index contributed by atoms with van der Waals surface area (Å²) in [6, 6.07) is 10.7. The number of hydrogen-bond acceptors (Lipinski definition) is 4. The number of pyridine rings is 1. The molecule has 3 rings (SSSR count). The average molecular weight is 296 g/mol. The number of methoxy groups -OCH3 is 1. The number of hydrogen-bond donors (Lipinski definition) is 1. The van der Waals surface area contributed by atoms with E-state index >= 15 is 0 Å². The highest BCUT2D eigenvalue weighted by Gasteiger charge is 2.14. The van der Waals surface area contributed by atoms with Gasteiger partial charge < -0.3 is 10.1 Å². The zero-order chi connectivity index (χ0) is 15.5. The second-order valence-corrected chi connectivity index (χ2v) is 4.73. The fraction of sp³-hybridized carbons (Fsp3) is 0.188. The third-order valence-electron chi connectivity index (χ3n) is 3.32. The molecule has 112 valence electrons. The summed E-state index contributed by atoms with van der Waals surface area (Å²) >= 11 is 0. The molecule has 0 bridgehead atoms. The molecule has 0 radical (unpaired) electrons. The van der Waals surface area contributed by atoms with E-state index in [1.165, 1.54) is 0 Å². The quantitative estimate of drug-likeness (QED) is 0.803. The summed E-state index contributed by atoms with van der Waals surface area (Å²) in [5.74, 6) is 1.02. The summed E-state index contributed by atoms with van der Waals surface area (Å²) in [6.45, 7) is 1.99. The van der Waals surface area contributed by atoms with Crippen molar-refractivity contribution in [3.05, 3.63) is 54.0 Å². The van der Waals surface area contributed by atoms with Gasteiger partial charge in [0.05, 0.1) is 18.4 Å². The third-order valence-corrected chi connectivity index (χ3v) is 3.32. The van der Waals surface area contributed by atoms with Crippen LogP contribution in [0.15, 0.2) is 42.6 Å². The number of rotatable bonds is 4. The van der Waals surface area contributed by atoms with Gasteiger partial charge in [-0.25, -0.2) is 9.50 Å². The minimum absolute atomic E-state index is 0.244. The van der Waals surface area contributed by atoms with Gasteiger partial charge in [0.1, 0.15) is 5.75 Å². The summed E-state index contributed by atoms with van der Waals surface area (Å²) in [7, 11) is 1.54. The molecule has 0 unspecified atom stereocenters. The van der Waals surface area contributed by atoms with Crippen LogP contribution < -0.4 is 10.1 Å². The topological polar surface area (TPSA) is 68.5 Å². The lowest BCUT2D eigenvalue weighted by atomic mass is 10.2. The monoisotopic (exact) mass is 296 g/mol. The fourth-order valence-corrected chi connectivity index (χ4v) is 2.22. The van der Waals surface area contributed by atoms with E-state index in [2.05, 4.69) is 15.4 Å². The number of nitrogens with zero attached hydrogens (tertiary/aromatic N) is 3. The van der Waals surface area contributed by atoms with Crippen LogP contribution in [0.1, 0.15) is 23.1 Å². The molecule has 6 heteroatoms. The van der Waals surface area contributed by atoms with Crippen molar-refractivity contribution in [3.8, 4) is 5.75 Å². The second-order valence-electron chi connectivity index (χ2n) is 4.73. The van der Waals surface area contributed by atoms with Gasteiger partial charge >= 0.3 is 0 Å². The van der Waals surface area contributed by atoms with Crippen molar-refractivity contribution in [3.63, 3.8) is 0 Å². The van der Waals surface area contributed by atoms with Crippen molar-refractivity contribution < 1.29 is 9.53 Å². The molecule has 0 aliphatic carbocycles. The van der Waals surface area contributed by atoms with Crippen molar-refractivity contribution in [2.24, 2.45) is 0 Å². The maximum Gasteiger partial charge on any atom is 0.259 e. The van der Waals surface area contributed by atoms with Crippen molar-refractivity contribution >= 4 is 17.2 Å². The van der Waals surface area contributed by atoms with Crippen LogP contribution in [0, 0.1) is 0 Å². The van der Waals surface area contributed by atoms with Crippen molar-refractivity contribution in [1.29, 1.82) is 0 Å². The summed E-state index contributed by atoms with van der Waals surface area (Å²) in [5.41, 5.74) is 1.72. The molecule has 22 heavy (non-hydrogen) atoms. The van der Waals surface area contributed by atoms with Gasteiger partial charge in [-0.05, 0) is 24.3 Å². The molecule has 0 saturated carbocycles. The fourth-order valence-electron chi connectivity index (χ4n) is 2.22. The number of carbonyl (C=O) groups excluding carboxylic acids is 1. The zero-order valence-corrected chi connectivity index (χ0v) is 12.4. The number of aromatic nitrogens is 3. The maximum absolute atomic E-state index is 12.5. The lowest BCUT2D eigenvalue weighted by Gasteiger charge is -2.09. The van der Waals surface area contributed by atoms with Crippen LogP contribution in [0.3, 0.4) is 0 Å². The Morgan fingerprint density at radius 2 is 2.09 bits per heavy atom. The molecule has 0 fully saturated rings. The normalized spacial score (nSPS) is 10.6. The molecular formula is C16H16N4O2. The van der Waals surface area contributed by atoms with Crippen LogP contribution in [0.25, 0.3) is 5.65 Å². The van der Waals surface area contributed by atoms with E-state index in [4.69, 9.17) is 4.74 Å². The van der Waals surface area contributed by atoms with Crippen molar-refractivity contribution in [2.45, 2.75) is 13.3 Å². The molecule has 2 aromatic heterocycles. The van der Waals surface area contributed by atoms with E-state index in [1.807, 2.05) is 19.1 Å². The van der Waals surface area contributed by atoms with E-state index < -0.39 is 0 Å². The van der Waals surface area contributed by atoms with Crippen molar-refractivity contribution in [2.75, 3.05) is 12.4 Å². The number of ether oxygens (including phenoxy) is 1. The predicted octanol–water partition coefficient (Wildman–Crippen LogP) is 2.55. The Labute approximate surface area is 127 Å². The first-order chi connectivity index (χ1) is 10.7. The molecule has 0 saturated heterocycles. The molecule has 0 aliphatic heterocycles. The maximum atomic E-state index is 12.5. The Kier molecular flexibility index (Phi) is 3.74. The first-order valence-electron chi connectivity index (χ1n) is 7.01. The Morgan fingerprint density at radius 3 is 2.86 bits per heavy atom. The SMILES string of the molecule is CCc1nc2c(NC(=O)c3ccccc3OC)cccn2n1. The Balaban J connectivity index is 1.96. The van der Waals surface area contributed by atoms with Gasteiger partial charge in [-0.3, -0.25) is 4.79 Å². The van der Waals surface area contributed by atoms with Gasteiger partial charge in [-0.2, -0.15) is 5.10 Å². The van der Waals surface area contributed by atoms with E-state index in [-0.39, 0.29) is 5.91 Å². The Morgan fingerprint density at radius 1 is 1.27 bits per heavy atom. The molecule has 2 heterocycles. The van der Waals surface area contributed by atoms with Crippen LogP contribution in [0.2, 0.25) is 0 Å². The number of anilines is 1. The van der Waals surface area contributed by atoms with Crippen molar-refractivity contribution in [1.82, 2.24) is 14.6 Å². The third kappa shape index (κ3) is 2.50. The highest BCUT2D eigenvalue weighted by atomic mass is 16.5. The lowest BCUT2D eigenvalue weighted by molar-refractivity contribution is 0.102. The molecule has 1 aromatic carbocycles. The van der Waals surface area contributed by atoms with Crippen LogP contribution >= 0.6 is 0 Å². The van der Waals surface area contributed by atoms with E-state index in [0.717, 1.165) is 12.2 Å².